The van der Waals surface area contributed by atoms with Crippen LogP contribution in [0.5, 0.6) is 0 Å². The normalized spacial score (nSPS) is 19.4. The van der Waals surface area contributed by atoms with Crippen LogP contribution >= 0.6 is 34.4 Å². The number of nitrogens with one attached hydrogen (secondary N) is 1. The molecule has 6 rings (SSSR count). The number of nitrogens with zero attached hydrogens (tertiary/aromatic N) is 2. The quantitative estimate of drug-likeness (QED) is 0.231. The standard InChI is InChI=1S/C30H25N3O6S3/c1-3-39-29(37)17-8-12-19(13-9-17)33-26(35)23-22(20-5-4-14-40-20)25-28(41-24(23)27(33)36)32(30(38)42-25)15-21(34)31-18-10-6-16(2)7-11-18/h4-14,22-24H,3,15H2,1-2H3,(H,31,34)/t22-,23+,24-/m0/s1. The summed E-state index contributed by atoms with van der Waals surface area (Å²) in [6.45, 7) is 3.68. The number of hydrogen-bond donors (Lipinski definition) is 1. The minimum absolute atomic E-state index is 0.221. The van der Waals surface area contributed by atoms with Crippen molar-refractivity contribution in [3.63, 3.8) is 0 Å². The van der Waals surface area contributed by atoms with Crippen LogP contribution in [0.4, 0.5) is 11.4 Å². The zero-order valence-electron chi connectivity index (χ0n) is 22.6. The van der Waals surface area contributed by atoms with E-state index in [-0.39, 0.29) is 29.8 Å². The lowest BCUT2D eigenvalue weighted by atomic mass is 9.87. The summed E-state index contributed by atoms with van der Waals surface area (Å²) in [7, 11) is 0. The van der Waals surface area contributed by atoms with Crippen molar-refractivity contribution in [3.8, 4) is 0 Å². The topological polar surface area (TPSA) is 115 Å². The number of rotatable bonds is 7. The summed E-state index contributed by atoms with van der Waals surface area (Å²) in [6, 6.07) is 17.3. The number of thiazole rings is 1. The fourth-order valence-corrected chi connectivity index (χ4v) is 8.95. The third-order valence-corrected chi connectivity index (χ3v) is 10.7. The molecular formula is C30H25N3O6S3. The van der Waals surface area contributed by atoms with E-state index in [0.717, 1.165) is 33.5 Å². The van der Waals surface area contributed by atoms with Crippen LogP contribution in [0.1, 0.15) is 38.5 Å². The number of fused-ring (bicyclic) bond motifs is 2. The van der Waals surface area contributed by atoms with E-state index in [1.165, 1.54) is 32.9 Å². The van der Waals surface area contributed by atoms with Gasteiger partial charge in [-0.1, -0.05) is 46.9 Å². The van der Waals surface area contributed by atoms with E-state index in [9.17, 15) is 24.0 Å². The first-order valence-corrected chi connectivity index (χ1v) is 15.8. The van der Waals surface area contributed by atoms with Gasteiger partial charge in [-0.15, -0.1) is 11.3 Å². The van der Waals surface area contributed by atoms with Gasteiger partial charge in [0.25, 0.3) is 0 Å². The molecule has 0 aliphatic carbocycles. The van der Waals surface area contributed by atoms with Crippen LogP contribution in [0.25, 0.3) is 0 Å². The SMILES string of the molecule is CCOC(=O)c1ccc(N2C(=O)[C@@H]3[C@H](c4cccs4)c4sc(=O)n(CC(=O)Nc5ccc(C)cc5)c4S[C@@H]3C2=O)cc1. The van der Waals surface area contributed by atoms with Gasteiger partial charge in [-0.25, -0.2) is 9.69 Å². The zero-order valence-corrected chi connectivity index (χ0v) is 25.0. The number of imide groups is 1. The number of thioether (sulfide) groups is 1. The summed E-state index contributed by atoms with van der Waals surface area (Å²) in [4.78, 5) is 68.5. The molecule has 2 aromatic heterocycles. The summed E-state index contributed by atoms with van der Waals surface area (Å²) in [5, 5.41) is 4.47. The summed E-state index contributed by atoms with van der Waals surface area (Å²) in [5.74, 6) is -2.86. The lowest BCUT2D eigenvalue weighted by molar-refractivity contribution is -0.122. The van der Waals surface area contributed by atoms with Crippen molar-refractivity contribution in [1.29, 1.82) is 0 Å². The van der Waals surface area contributed by atoms with Crippen LogP contribution in [-0.2, 0) is 25.7 Å². The molecule has 3 atom stereocenters. The van der Waals surface area contributed by atoms with Crippen LogP contribution in [-0.4, -0.2) is 40.1 Å². The van der Waals surface area contributed by atoms with Crippen molar-refractivity contribution in [2.45, 2.75) is 36.6 Å². The smallest absolute Gasteiger partial charge is 0.338 e. The predicted molar refractivity (Wildman–Crippen MR) is 163 cm³/mol. The number of hydrogen-bond acceptors (Lipinski definition) is 9. The Morgan fingerprint density at radius 1 is 0.976 bits per heavy atom. The molecule has 2 aliphatic heterocycles. The lowest BCUT2D eigenvalue weighted by Crippen LogP contribution is -2.32. The van der Waals surface area contributed by atoms with E-state index < -0.39 is 29.0 Å². The van der Waals surface area contributed by atoms with Crippen molar-refractivity contribution < 1.29 is 23.9 Å². The number of carbonyl (C=O) groups excluding carboxylic acids is 4. The Morgan fingerprint density at radius 2 is 1.71 bits per heavy atom. The van der Waals surface area contributed by atoms with Crippen LogP contribution in [0.15, 0.2) is 75.9 Å². The molecule has 2 aliphatic rings. The average Bonchev–Trinajstić information content (AvgIpc) is 3.67. The highest BCUT2D eigenvalue weighted by molar-refractivity contribution is 8.00. The second kappa shape index (κ2) is 11.3. The molecule has 2 aromatic carbocycles. The van der Waals surface area contributed by atoms with Gasteiger partial charge in [0.1, 0.15) is 11.8 Å². The minimum atomic E-state index is -0.790. The average molecular weight is 620 g/mol. The Hall–Kier alpha value is -4.00. The van der Waals surface area contributed by atoms with Gasteiger partial charge < -0.3 is 10.1 Å². The maximum atomic E-state index is 13.9. The molecule has 0 saturated carbocycles. The summed E-state index contributed by atoms with van der Waals surface area (Å²) in [5.41, 5.74) is 2.35. The Kier molecular flexibility index (Phi) is 7.60. The molecule has 214 valence electrons. The van der Waals surface area contributed by atoms with Gasteiger partial charge >= 0.3 is 10.8 Å². The van der Waals surface area contributed by atoms with Crippen molar-refractivity contribution in [2.24, 2.45) is 5.92 Å². The number of aromatic nitrogens is 1. The molecule has 9 nitrogen and oxygen atoms in total. The summed E-state index contributed by atoms with van der Waals surface area (Å²) < 4.78 is 6.44. The van der Waals surface area contributed by atoms with Gasteiger partial charge in [-0.2, -0.15) is 0 Å². The van der Waals surface area contributed by atoms with Gasteiger partial charge in [0.05, 0.1) is 28.8 Å². The van der Waals surface area contributed by atoms with E-state index in [1.807, 2.05) is 36.6 Å². The largest absolute Gasteiger partial charge is 0.462 e. The van der Waals surface area contributed by atoms with Crippen molar-refractivity contribution in [1.82, 2.24) is 4.57 Å². The molecular weight excluding hydrogens is 595 g/mol. The zero-order chi connectivity index (χ0) is 29.5. The van der Waals surface area contributed by atoms with Crippen molar-refractivity contribution >= 4 is 69.5 Å². The van der Waals surface area contributed by atoms with Crippen molar-refractivity contribution in [2.75, 3.05) is 16.8 Å². The maximum absolute atomic E-state index is 13.9. The fourth-order valence-electron chi connectivity index (χ4n) is 5.23. The van der Waals surface area contributed by atoms with Gasteiger partial charge in [0, 0.05) is 21.4 Å². The molecule has 3 amide bonds. The fraction of sp³-hybridized carbons (Fsp3) is 0.233. The van der Waals surface area contributed by atoms with Gasteiger partial charge in [0.15, 0.2) is 0 Å². The maximum Gasteiger partial charge on any atom is 0.338 e. The van der Waals surface area contributed by atoms with Crippen LogP contribution < -0.4 is 15.1 Å². The minimum Gasteiger partial charge on any atom is -0.462 e. The van der Waals surface area contributed by atoms with E-state index >= 15 is 0 Å². The van der Waals surface area contributed by atoms with Crippen LogP contribution in [0.2, 0.25) is 0 Å². The predicted octanol–water partition coefficient (Wildman–Crippen LogP) is 4.89. The van der Waals surface area contributed by atoms with E-state index in [2.05, 4.69) is 5.32 Å². The van der Waals surface area contributed by atoms with Gasteiger partial charge in [0.2, 0.25) is 17.7 Å². The molecule has 42 heavy (non-hydrogen) atoms. The Morgan fingerprint density at radius 3 is 2.38 bits per heavy atom. The number of aryl methyl sites for hydroxylation is 1. The first-order valence-electron chi connectivity index (χ1n) is 13.2. The summed E-state index contributed by atoms with van der Waals surface area (Å²) >= 11 is 3.63. The number of benzene rings is 2. The highest BCUT2D eigenvalue weighted by atomic mass is 32.2. The molecule has 12 heteroatoms. The number of ether oxygens (including phenoxy) is 1. The number of esters is 1. The van der Waals surface area contributed by atoms with E-state index in [4.69, 9.17) is 4.74 Å². The summed E-state index contributed by atoms with van der Waals surface area (Å²) in [6.07, 6.45) is 0. The Bertz CT molecular complexity index is 1740. The molecule has 4 heterocycles. The number of anilines is 2. The second-order valence-electron chi connectivity index (χ2n) is 9.87. The number of amides is 3. The number of carbonyl (C=O) groups is 4. The lowest BCUT2D eigenvalue weighted by Gasteiger charge is -2.29. The Balaban J connectivity index is 1.34. The molecule has 4 aromatic rings. The molecule has 0 spiro atoms. The van der Waals surface area contributed by atoms with E-state index in [0.29, 0.717) is 26.8 Å². The number of thiophene rings is 1. The third kappa shape index (κ3) is 4.99. The van der Waals surface area contributed by atoms with Gasteiger partial charge in [-0.3, -0.25) is 23.7 Å². The molecule has 0 unspecified atom stereocenters. The second-order valence-corrected chi connectivity index (χ2v) is 13.0. The van der Waals surface area contributed by atoms with Crippen LogP contribution in [0.3, 0.4) is 0 Å². The first-order chi connectivity index (χ1) is 20.3. The molecule has 0 radical (unpaired) electrons. The molecule has 1 saturated heterocycles. The molecule has 0 bridgehead atoms. The molecule has 1 N–H and O–H groups in total. The highest BCUT2D eigenvalue weighted by Gasteiger charge is 2.57. The third-order valence-electron chi connectivity index (χ3n) is 7.17. The van der Waals surface area contributed by atoms with Crippen LogP contribution in [0, 0.1) is 12.8 Å². The van der Waals surface area contributed by atoms with E-state index in [1.54, 1.807) is 31.2 Å². The Labute approximate surface area is 253 Å². The molecule has 1 fully saturated rings. The van der Waals surface area contributed by atoms with Gasteiger partial charge in [-0.05, 0) is 61.7 Å². The first kappa shape index (κ1) is 28.1. The highest BCUT2D eigenvalue weighted by Crippen LogP contribution is 2.54. The van der Waals surface area contributed by atoms with Crippen molar-refractivity contribution in [3.05, 3.63) is 96.6 Å². The monoisotopic (exact) mass is 619 g/mol.